The lowest BCUT2D eigenvalue weighted by Crippen LogP contribution is -2.48. The van der Waals surface area contributed by atoms with E-state index in [9.17, 15) is 22.4 Å². The highest BCUT2D eigenvalue weighted by atomic mass is 35.5. The summed E-state index contributed by atoms with van der Waals surface area (Å²) in [5.41, 5.74) is 3.35. The van der Waals surface area contributed by atoms with Crippen molar-refractivity contribution in [3.8, 4) is 0 Å². The molecule has 1 aliphatic heterocycles. The Morgan fingerprint density at radius 2 is 2.00 bits per heavy atom. The van der Waals surface area contributed by atoms with E-state index in [0.29, 0.717) is 0 Å². The van der Waals surface area contributed by atoms with Crippen LogP contribution in [0.2, 0.25) is 5.02 Å². The Hall–Kier alpha value is -2.95. The number of amidine groups is 1. The molecule has 2 aromatic rings. The minimum Gasteiger partial charge on any atom is -0.461 e. The predicted molar refractivity (Wildman–Crippen MR) is 103 cm³/mol. The van der Waals surface area contributed by atoms with Crippen molar-refractivity contribution in [2.24, 2.45) is 16.6 Å². The number of amides is 1. The maximum atomic E-state index is 14.8. The van der Waals surface area contributed by atoms with Gasteiger partial charge in [-0.15, -0.1) is 0 Å². The van der Waals surface area contributed by atoms with Gasteiger partial charge in [-0.05, 0) is 18.2 Å². The molecule has 164 valence electrons. The summed E-state index contributed by atoms with van der Waals surface area (Å²) in [6.07, 6.45) is -0.104. The van der Waals surface area contributed by atoms with E-state index in [1.54, 1.807) is 0 Å². The van der Waals surface area contributed by atoms with Gasteiger partial charge in [-0.2, -0.15) is 0 Å². The first-order valence-electron chi connectivity index (χ1n) is 9.18. The number of nitrogens with zero attached hydrogens (tertiary/aromatic N) is 3. The fraction of sp³-hybridized carbons (Fsp3) is 0.368. The molecule has 2 aliphatic rings. The molecule has 0 spiro atoms. The summed E-state index contributed by atoms with van der Waals surface area (Å²) < 4.78 is 62.5. The highest BCUT2D eigenvalue weighted by molar-refractivity contribution is 6.30. The molecule has 0 bridgehead atoms. The number of hydrogen-bond acceptors (Lipinski definition) is 6. The Labute approximate surface area is 178 Å². The zero-order chi connectivity index (χ0) is 22.4. The van der Waals surface area contributed by atoms with E-state index in [0.717, 1.165) is 12.1 Å². The number of fused-ring (bicyclic) bond motifs is 1. The zero-order valence-corrected chi connectivity index (χ0v) is 16.5. The lowest BCUT2D eigenvalue weighted by atomic mass is 9.76. The number of nitrogens with one attached hydrogen (secondary N) is 1. The Bertz CT molecular complexity index is 1050. The Balaban J connectivity index is 1.72. The average molecular weight is 458 g/mol. The topological polar surface area (TPSA) is 102 Å². The van der Waals surface area contributed by atoms with Gasteiger partial charge in [-0.25, -0.2) is 32.5 Å². The number of alkyl halides is 3. The Morgan fingerprint density at radius 1 is 1.29 bits per heavy atom. The summed E-state index contributed by atoms with van der Waals surface area (Å²) in [7, 11) is 0. The van der Waals surface area contributed by atoms with Crippen molar-refractivity contribution in [1.82, 2.24) is 9.97 Å². The zero-order valence-electron chi connectivity index (χ0n) is 15.8. The molecule has 1 aliphatic carbocycles. The van der Waals surface area contributed by atoms with Crippen LogP contribution in [0.3, 0.4) is 0 Å². The fourth-order valence-electron chi connectivity index (χ4n) is 4.05. The first-order chi connectivity index (χ1) is 14.6. The maximum absolute atomic E-state index is 14.8. The van der Waals surface area contributed by atoms with Crippen LogP contribution < -0.4 is 11.1 Å². The number of carbonyl (C=O) groups is 1. The van der Waals surface area contributed by atoms with Gasteiger partial charge in [0, 0.05) is 42.4 Å². The first kappa shape index (κ1) is 21.3. The molecule has 1 aromatic heterocycles. The van der Waals surface area contributed by atoms with E-state index in [2.05, 4.69) is 20.3 Å². The molecular weight excluding hydrogens is 442 g/mol. The van der Waals surface area contributed by atoms with Gasteiger partial charge in [0.2, 0.25) is 5.82 Å². The molecule has 1 fully saturated rings. The second-order valence-corrected chi connectivity index (χ2v) is 7.84. The first-order valence-corrected chi connectivity index (χ1v) is 9.56. The lowest BCUT2D eigenvalue weighted by molar-refractivity contribution is -0.00299. The highest BCUT2D eigenvalue weighted by Crippen LogP contribution is 2.53. The van der Waals surface area contributed by atoms with Crippen molar-refractivity contribution in [2.75, 3.05) is 12.0 Å². The normalized spacial score (nSPS) is 26.5. The van der Waals surface area contributed by atoms with Crippen LogP contribution in [0.15, 0.2) is 35.6 Å². The number of anilines is 1. The van der Waals surface area contributed by atoms with E-state index in [4.69, 9.17) is 22.1 Å². The predicted octanol–water partition coefficient (Wildman–Crippen LogP) is 3.45. The highest BCUT2D eigenvalue weighted by Gasteiger charge is 2.60. The van der Waals surface area contributed by atoms with Crippen molar-refractivity contribution >= 4 is 29.2 Å². The van der Waals surface area contributed by atoms with Crippen LogP contribution in [0.25, 0.3) is 0 Å². The molecule has 2 unspecified atom stereocenters. The molecule has 0 radical (unpaired) electrons. The Morgan fingerprint density at radius 3 is 2.68 bits per heavy atom. The molecular formula is C19H16ClF4N5O2. The summed E-state index contributed by atoms with van der Waals surface area (Å²) in [6, 6.07) is 2.85. The molecule has 3 N–H and O–H groups in total. The summed E-state index contributed by atoms with van der Waals surface area (Å²) >= 11 is 5.69. The number of carbonyl (C=O) groups excluding carboxylic acids is 1. The fourth-order valence-corrected chi connectivity index (χ4v) is 4.14. The minimum atomic E-state index is -3.13. The van der Waals surface area contributed by atoms with Crippen molar-refractivity contribution < 1.29 is 27.1 Å². The SMILES string of the molecule is NC1=NC(CF)(c2cc(NC(=O)c3ncc(Cl)cn3)ccc2F)C2CC(F)(F)C[C@@H]2O1. The van der Waals surface area contributed by atoms with Crippen molar-refractivity contribution in [2.45, 2.75) is 30.4 Å². The molecule has 0 saturated heterocycles. The third kappa shape index (κ3) is 3.89. The van der Waals surface area contributed by atoms with Crippen LogP contribution in [0, 0.1) is 11.7 Å². The van der Waals surface area contributed by atoms with E-state index in [1.165, 1.54) is 18.5 Å². The van der Waals surface area contributed by atoms with Gasteiger partial charge in [0.1, 0.15) is 24.1 Å². The lowest BCUT2D eigenvalue weighted by Gasteiger charge is -2.40. The van der Waals surface area contributed by atoms with Crippen LogP contribution in [0.4, 0.5) is 23.2 Å². The smallest absolute Gasteiger partial charge is 0.293 e. The summed E-state index contributed by atoms with van der Waals surface area (Å²) in [4.78, 5) is 23.8. The van der Waals surface area contributed by atoms with Gasteiger partial charge in [-0.1, -0.05) is 11.6 Å². The molecule has 2 heterocycles. The summed E-state index contributed by atoms with van der Waals surface area (Å²) in [6.45, 7) is -1.29. The molecule has 31 heavy (non-hydrogen) atoms. The minimum absolute atomic E-state index is 0.0642. The second kappa shape index (κ2) is 7.63. The van der Waals surface area contributed by atoms with Gasteiger partial charge >= 0.3 is 0 Å². The molecule has 1 saturated carbocycles. The standard InChI is InChI=1S/C19H16ClF4N5O2/c20-9-6-26-15(27-7-9)16(30)28-10-1-2-13(22)11(3-10)19(8-21)12-4-18(23,24)5-14(12)31-17(25)29-19/h1-3,6-7,12,14H,4-5,8H2,(H2,25,29)(H,28,30)/t12?,14-,19?/m0/s1. The van der Waals surface area contributed by atoms with Crippen molar-refractivity contribution in [3.05, 3.63) is 52.8 Å². The number of aliphatic imine (C=N–C) groups is 1. The van der Waals surface area contributed by atoms with Crippen LogP contribution in [-0.4, -0.2) is 40.6 Å². The number of rotatable bonds is 4. The van der Waals surface area contributed by atoms with Crippen molar-refractivity contribution in [1.29, 1.82) is 0 Å². The number of hydrogen-bond donors (Lipinski definition) is 2. The summed E-state index contributed by atoms with van der Waals surface area (Å²) in [5, 5.41) is 2.68. The molecule has 1 amide bonds. The van der Waals surface area contributed by atoms with E-state index < -0.39 is 60.7 Å². The van der Waals surface area contributed by atoms with Crippen LogP contribution in [0.1, 0.15) is 29.0 Å². The number of benzene rings is 1. The van der Waals surface area contributed by atoms with Gasteiger partial charge in [0.05, 0.1) is 5.02 Å². The van der Waals surface area contributed by atoms with Crippen LogP contribution >= 0.6 is 11.6 Å². The van der Waals surface area contributed by atoms with Gasteiger partial charge < -0.3 is 15.8 Å². The van der Waals surface area contributed by atoms with Gasteiger partial charge in [0.15, 0.2) is 0 Å². The maximum Gasteiger partial charge on any atom is 0.293 e. The molecule has 7 nitrogen and oxygen atoms in total. The molecule has 3 atom stereocenters. The molecule has 4 rings (SSSR count). The summed E-state index contributed by atoms with van der Waals surface area (Å²) in [5.74, 6) is -6.11. The van der Waals surface area contributed by atoms with Crippen LogP contribution in [0.5, 0.6) is 0 Å². The third-order valence-corrected chi connectivity index (χ3v) is 5.58. The Kier molecular flexibility index (Phi) is 5.24. The number of halogens is 5. The monoisotopic (exact) mass is 457 g/mol. The van der Waals surface area contributed by atoms with E-state index >= 15 is 0 Å². The number of nitrogens with two attached hydrogens (primary N) is 1. The quantitative estimate of drug-likeness (QED) is 0.685. The van der Waals surface area contributed by atoms with Crippen LogP contribution in [-0.2, 0) is 10.3 Å². The third-order valence-electron chi connectivity index (χ3n) is 5.38. The van der Waals surface area contributed by atoms with Crippen molar-refractivity contribution in [3.63, 3.8) is 0 Å². The molecule has 12 heteroatoms. The van der Waals surface area contributed by atoms with E-state index in [-0.39, 0.29) is 22.1 Å². The van der Waals surface area contributed by atoms with E-state index in [1.807, 2.05) is 0 Å². The average Bonchev–Trinajstić information content (AvgIpc) is 3.03. The number of ether oxygens (including phenoxy) is 1. The number of aromatic nitrogens is 2. The largest absolute Gasteiger partial charge is 0.461 e. The van der Waals surface area contributed by atoms with Gasteiger partial charge in [0.25, 0.3) is 17.9 Å². The molecule has 1 aromatic carbocycles. The van der Waals surface area contributed by atoms with Gasteiger partial charge in [-0.3, -0.25) is 4.79 Å². The second-order valence-electron chi connectivity index (χ2n) is 7.41.